The molecule has 5 heteroatoms. The lowest BCUT2D eigenvalue weighted by Gasteiger charge is -2.39. The molecule has 0 spiro atoms. The number of carbonyl (C=O) groups is 3. The minimum atomic E-state index is -1.13. The van der Waals surface area contributed by atoms with Crippen LogP contribution in [0.2, 0.25) is 0 Å². The highest BCUT2D eigenvalue weighted by Crippen LogP contribution is 2.34. The highest BCUT2D eigenvalue weighted by molar-refractivity contribution is 6.18. The second kappa shape index (κ2) is 4.23. The van der Waals surface area contributed by atoms with Crippen molar-refractivity contribution in [3.05, 3.63) is 0 Å². The number of hydrogen-bond donors (Lipinski definition) is 1. The molecule has 5 nitrogen and oxygen atoms in total. The third-order valence-electron chi connectivity index (χ3n) is 3.45. The smallest absolute Gasteiger partial charge is 0.277 e. The molecule has 4 amide bonds. The summed E-state index contributed by atoms with van der Waals surface area (Å²) in [6.07, 6.45) is 1.67. The lowest BCUT2D eigenvalue weighted by Crippen LogP contribution is -2.63. The van der Waals surface area contributed by atoms with Gasteiger partial charge in [0.15, 0.2) is 0 Å². The second-order valence-electron chi connectivity index (χ2n) is 4.52. The van der Waals surface area contributed by atoms with E-state index in [1.807, 2.05) is 13.8 Å². The van der Waals surface area contributed by atoms with Gasteiger partial charge < -0.3 is 0 Å². The van der Waals surface area contributed by atoms with Gasteiger partial charge in [0.25, 0.3) is 0 Å². The first kappa shape index (κ1) is 12.7. The van der Waals surface area contributed by atoms with E-state index in [0.717, 1.165) is 17.7 Å². The Morgan fingerprint density at radius 1 is 1.38 bits per heavy atom. The van der Waals surface area contributed by atoms with Crippen LogP contribution < -0.4 is 5.32 Å². The van der Waals surface area contributed by atoms with E-state index in [1.54, 1.807) is 6.92 Å². The van der Waals surface area contributed by atoms with Crippen LogP contribution in [0.25, 0.3) is 0 Å². The minimum Gasteiger partial charge on any atom is -0.277 e. The van der Waals surface area contributed by atoms with Gasteiger partial charge in [-0.3, -0.25) is 19.8 Å². The third kappa shape index (κ3) is 1.70. The molecular formula is C11H18N2O3. The van der Waals surface area contributed by atoms with Gasteiger partial charge in [-0.25, -0.2) is 4.79 Å². The van der Waals surface area contributed by atoms with Crippen molar-refractivity contribution in [2.45, 2.75) is 33.6 Å². The van der Waals surface area contributed by atoms with Crippen molar-refractivity contribution >= 4 is 17.8 Å². The van der Waals surface area contributed by atoms with Crippen LogP contribution in [0.3, 0.4) is 0 Å². The average molecular weight is 226 g/mol. The first-order valence-corrected chi connectivity index (χ1v) is 5.49. The summed E-state index contributed by atoms with van der Waals surface area (Å²) in [5, 5.41) is 2.22. The SMILES string of the molecule is CCCC(C)C1(C)C(=O)NC(=O)N(C)C1=O. The van der Waals surface area contributed by atoms with Crippen LogP contribution in [-0.2, 0) is 9.59 Å². The van der Waals surface area contributed by atoms with Gasteiger partial charge in [0.1, 0.15) is 5.41 Å². The number of urea groups is 1. The summed E-state index contributed by atoms with van der Waals surface area (Å²) < 4.78 is 0. The number of imide groups is 2. The standard InChI is InChI=1S/C11H18N2O3/c1-5-6-7(2)11(3)8(14)12-10(16)13(4)9(11)15/h7H,5-6H2,1-4H3,(H,12,14,16). The summed E-state index contributed by atoms with van der Waals surface area (Å²) in [6.45, 7) is 5.47. The molecular weight excluding hydrogens is 208 g/mol. The van der Waals surface area contributed by atoms with Crippen LogP contribution in [0, 0.1) is 11.3 Å². The van der Waals surface area contributed by atoms with Gasteiger partial charge in [-0.1, -0.05) is 20.3 Å². The average Bonchev–Trinajstić information content (AvgIpc) is 2.24. The number of barbiturate groups is 1. The number of amides is 4. The molecule has 0 radical (unpaired) electrons. The van der Waals surface area contributed by atoms with Crippen LogP contribution in [0.1, 0.15) is 33.6 Å². The zero-order valence-corrected chi connectivity index (χ0v) is 10.2. The van der Waals surface area contributed by atoms with E-state index in [2.05, 4.69) is 5.32 Å². The molecule has 1 heterocycles. The normalized spacial score (nSPS) is 28.0. The Balaban J connectivity index is 3.05. The molecule has 2 unspecified atom stereocenters. The number of rotatable bonds is 3. The minimum absolute atomic E-state index is 0.0828. The summed E-state index contributed by atoms with van der Waals surface area (Å²) in [5.74, 6) is -0.982. The fraction of sp³-hybridized carbons (Fsp3) is 0.727. The molecule has 1 fully saturated rings. The fourth-order valence-electron chi connectivity index (χ4n) is 2.00. The van der Waals surface area contributed by atoms with Gasteiger partial charge in [0.05, 0.1) is 0 Å². The number of nitrogens with zero attached hydrogens (tertiary/aromatic N) is 1. The van der Waals surface area contributed by atoms with E-state index in [1.165, 1.54) is 7.05 Å². The van der Waals surface area contributed by atoms with Gasteiger partial charge >= 0.3 is 6.03 Å². The second-order valence-corrected chi connectivity index (χ2v) is 4.52. The molecule has 1 N–H and O–H groups in total. The van der Waals surface area contributed by atoms with E-state index in [0.29, 0.717) is 0 Å². The molecule has 0 aromatic rings. The summed E-state index contributed by atoms with van der Waals surface area (Å²) in [6, 6.07) is -0.642. The van der Waals surface area contributed by atoms with Crippen molar-refractivity contribution < 1.29 is 14.4 Å². The van der Waals surface area contributed by atoms with Crippen LogP contribution in [-0.4, -0.2) is 29.8 Å². The summed E-state index contributed by atoms with van der Waals surface area (Å²) >= 11 is 0. The fourth-order valence-corrected chi connectivity index (χ4v) is 2.00. The predicted molar refractivity (Wildman–Crippen MR) is 58.5 cm³/mol. The molecule has 0 aromatic heterocycles. The van der Waals surface area contributed by atoms with Crippen LogP contribution in [0.5, 0.6) is 0 Å². The van der Waals surface area contributed by atoms with Crippen LogP contribution in [0.15, 0.2) is 0 Å². The quantitative estimate of drug-likeness (QED) is 0.734. The van der Waals surface area contributed by atoms with E-state index in [-0.39, 0.29) is 5.92 Å². The first-order valence-electron chi connectivity index (χ1n) is 5.49. The summed E-state index contributed by atoms with van der Waals surface area (Å²) in [5.41, 5.74) is -1.13. The van der Waals surface area contributed by atoms with Gasteiger partial charge in [0, 0.05) is 7.05 Å². The van der Waals surface area contributed by atoms with Crippen molar-refractivity contribution in [1.82, 2.24) is 10.2 Å². The van der Waals surface area contributed by atoms with Gasteiger partial charge in [0.2, 0.25) is 11.8 Å². The van der Waals surface area contributed by atoms with Crippen molar-refractivity contribution in [1.29, 1.82) is 0 Å². The Bertz CT molecular complexity index is 340. The van der Waals surface area contributed by atoms with E-state index in [9.17, 15) is 14.4 Å². The number of nitrogens with one attached hydrogen (secondary N) is 1. The van der Waals surface area contributed by atoms with Crippen molar-refractivity contribution in [3.63, 3.8) is 0 Å². The first-order chi connectivity index (χ1) is 7.35. The van der Waals surface area contributed by atoms with Crippen molar-refractivity contribution in [2.24, 2.45) is 11.3 Å². The monoisotopic (exact) mass is 226 g/mol. The largest absolute Gasteiger partial charge is 0.330 e. The molecule has 1 aliphatic rings. The molecule has 90 valence electrons. The molecule has 0 aliphatic carbocycles. The van der Waals surface area contributed by atoms with Crippen LogP contribution >= 0.6 is 0 Å². The molecule has 1 rings (SSSR count). The Hall–Kier alpha value is -1.39. The molecule has 1 saturated heterocycles. The van der Waals surface area contributed by atoms with E-state index >= 15 is 0 Å². The third-order valence-corrected chi connectivity index (χ3v) is 3.45. The molecule has 0 saturated carbocycles. The van der Waals surface area contributed by atoms with Gasteiger partial charge in [-0.05, 0) is 19.3 Å². The molecule has 1 aliphatic heterocycles. The Morgan fingerprint density at radius 2 is 1.94 bits per heavy atom. The lowest BCUT2D eigenvalue weighted by molar-refractivity contribution is -0.153. The van der Waals surface area contributed by atoms with Gasteiger partial charge in [-0.15, -0.1) is 0 Å². The maximum Gasteiger partial charge on any atom is 0.330 e. The lowest BCUT2D eigenvalue weighted by atomic mass is 9.73. The van der Waals surface area contributed by atoms with Crippen molar-refractivity contribution in [3.8, 4) is 0 Å². The maximum atomic E-state index is 12.0. The van der Waals surface area contributed by atoms with Gasteiger partial charge in [-0.2, -0.15) is 0 Å². The topological polar surface area (TPSA) is 66.5 Å². The molecule has 2 atom stereocenters. The van der Waals surface area contributed by atoms with Crippen LogP contribution in [0.4, 0.5) is 4.79 Å². The van der Waals surface area contributed by atoms with Crippen molar-refractivity contribution in [2.75, 3.05) is 7.05 Å². The van der Waals surface area contributed by atoms with E-state index in [4.69, 9.17) is 0 Å². The molecule has 0 bridgehead atoms. The Morgan fingerprint density at radius 3 is 2.44 bits per heavy atom. The molecule has 16 heavy (non-hydrogen) atoms. The number of carbonyl (C=O) groups excluding carboxylic acids is 3. The summed E-state index contributed by atoms with van der Waals surface area (Å²) in [7, 11) is 1.39. The highest BCUT2D eigenvalue weighted by atomic mass is 16.2. The predicted octanol–water partition coefficient (Wildman–Crippen LogP) is 1.14. The molecule has 0 aromatic carbocycles. The Labute approximate surface area is 95.2 Å². The zero-order chi connectivity index (χ0) is 12.5. The zero-order valence-electron chi connectivity index (χ0n) is 10.2. The summed E-state index contributed by atoms with van der Waals surface area (Å²) in [4.78, 5) is 36.1. The number of hydrogen-bond acceptors (Lipinski definition) is 3. The maximum absolute atomic E-state index is 12.0. The Kier molecular flexibility index (Phi) is 3.35. The highest BCUT2D eigenvalue weighted by Gasteiger charge is 2.52. The van der Waals surface area contributed by atoms with E-state index < -0.39 is 23.3 Å².